The van der Waals surface area contributed by atoms with E-state index in [0.717, 1.165) is 54.0 Å². The van der Waals surface area contributed by atoms with E-state index in [9.17, 15) is 0 Å². The Balaban J connectivity index is 2.77. The Bertz CT molecular complexity index is 426. The maximum atomic E-state index is 6.14. The number of aryl methyl sites for hydroxylation is 1. The molecule has 1 heterocycles. The summed E-state index contributed by atoms with van der Waals surface area (Å²) in [4.78, 5) is 7.14. The molecule has 0 amide bonds. The van der Waals surface area contributed by atoms with Gasteiger partial charge in [0.25, 0.3) is 0 Å². The van der Waals surface area contributed by atoms with Crippen LogP contribution < -0.4 is 5.73 Å². The molecular formula is C18H33N3. The van der Waals surface area contributed by atoms with E-state index in [0.29, 0.717) is 0 Å². The summed E-state index contributed by atoms with van der Waals surface area (Å²) in [5.74, 6) is 1.48. The third kappa shape index (κ3) is 6.04. The number of nitrogens with zero attached hydrogens (tertiary/aromatic N) is 2. The first-order valence-corrected chi connectivity index (χ1v) is 8.24. The van der Waals surface area contributed by atoms with Crippen molar-refractivity contribution in [2.24, 2.45) is 11.8 Å². The average molecular weight is 291 g/mol. The molecule has 3 heteroatoms. The van der Waals surface area contributed by atoms with Crippen LogP contribution in [0.1, 0.15) is 57.4 Å². The highest BCUT2D eigenvalue weighted by atomic mass is 15.1. The summed E-state index contributed by atoms with van der Waals surface area (Å²) in [7, 11) is 0. The average Bonchev–Trinajstić information content (AvgIpc) is 2.41. The summed E-state index contributed by atoms with van der Waals surface area (Å²) < 4.78 is 0. The van der Waals surface area contributed by atoms with Gasteiger partial charge in [-0.1, -0.05) is 27.7 Å². The SMILES string of the molecule is Cc1cnc(CN(CCC(C)C)CCC(C)C)c(C)c1N. The molecule has 0 saturated heterocycles. The van der Waals surface area contributed by atoms with E-state index in [4.69, 9.17) is 5.73 Å². The number of hydrogen-bond donors (Lipinski definition) is 1. The first-order valence-electron chi connectivity index (χ1n) is 8.24. The number of rotatable bonds is 8. The van der Waals surface area contributed by atoms with Crippen molar-refractivity contribution in [3.8, 4) is 0 Å². The molecule has 3 nitrogen and oxygen atoms in total. The fourth-order valence-corrected chi connectivity index (χ4v) is 2.31. The van der Waals surface area contributed by atoms with Gasteiger partial charge in [-0.05, 0) is 62.7 Å². The lowest BCUT2D eigenvalue weighted by atomic mass is 10.1. The van der Waals surface area contributed by atoms with Crippen LogP contribution in [0.2, 0.25) is 0 Å². The molecule has 0 aliphatic rings. The zero-order valence-electron chi connectivity index (χ0n) is 14.7. The van der Waals surface area contributed by atoms with E-state index in [1.807, 2.05) is 13.1 Å². The lowest BCUT2D eigenvalue weighted by Crippen LogP contribution is -2.28. The van der Waals surface area contributed by atoms with Gasteiger partial charge in [0, 0.05) is 18.4 Å². The Kier molecular flexibility index (Phi) is 7.16. The smallest absolute Gasteiger partial charge is 0.0593 e. The number of aromatic nitrogens is 1. The normalized spacial score (nSPS) is 11.9. The van der Waals surface area contributed by atoms with Gasteiger partial charge in [0.2, 0.25) is 0 Å². The Morgan fingerprint density at radius 1 is 1.05 bits per heavy atom. The standard InChI is InChI=1S/C18H33N3/c1-13(2)7-9-21(10-8-14(3)4)12-17-16(6)18(19)15(5)11-20-17/h11,13-14H,7-10,12H2,1-6H3,(H2,19,20). The van der Waals surface area contributed by atoms with Crippen molar-refractivity contribution < 1.29 is 0 Å². The fourth-order valence-electron chi connectivity index (χ4n) is 2.31. The van der Waals surface area contributed by atoms with Crippen LogP contribution in [0.3, 0.4) is 0 Å². The van der Waals surface area contributed by atoms with Gasteiger partial charge in [-0.2, -0.15) is 0 Å². The van der Waals surface area contributed by atoms with Crippen LogP contribution in [-0.4, -0.2) is 23.0 Å². The van der Waals surface area contributed by atoms with Crippen LogP contribution in [0.5, 0.6) is 0 Å². The van der Waals surface area contributed by atoms with Gasteiger partial charge in [-0.3, -0.25) is 9.88 Å². The van der Waals surface area contributed by atoms with E-state index >= 15 is 0 Å². The second-order valence-corrected chi connectivity index (χ2v) is 7.07. The highest BCUT2D eigenvalue weighted by Crippen LogP contribution is 2.20. The van der Waals surface area contributed by atoms with Gasteiger partial charge < -0.3 is 5.73 Å². The van der Waals surface area contributed by atoms with Crippen molar-refractivity contribution in [1.82, 2.24) is 9.88 Å². The first-order chi connectivity index (χ1) is 9.81. The van der Waals surface area contributed by atoms with Gasteiger partial charge in [0.1, 0.15) is 0 Å². The van der Waals surface area contributed by atoms with Crippen molar-refractivity contribution >= 4 is 5.69 Å². The van der Waals surface area contributed by atoms with Crippen LogP contribution in [0.4, 0.5) is 5.69 Å². The topological polar surface area (TPSA) is 42.2 Å². The van der Waals surface area contributed by atoms with Crippen LogP contribution in [0.15, 0.2) is 6.20 Å². The van der Waals surface area contributed by atoms with Crippen LogP contribution >= 0.6 is 0 Å². The van der Waals surface area contributed by atoms with Gasteiger partial charge in [0.05, 0.1) is 5.69 Å². The predicted molar refractivity (Wildman–Crippen MR) is 92.3 cm³/mol. The molecule has 21 heavy (non-hydrogen) atoms. The van der Waals surface area contributed by atoms with Crippen molar-refractivity contribution in [3.63, 3.8) is 0 Å². The summed E-state index contributed by atoms with van der Waals surface area (Å²) in [6, 6.07) is 0. The molecule has 0 radical (unpaired) electrons. The number of pyridine rings is 1. The molecular weight excluding hydrogens is 258 g/mol. The molecule has 120 valence electrons. The second kappa shape index (κ2) is 8.38. The summed E-state index contributed by atoms with van der Waals surface area (Å²) in [5.41, 5.74) is 10.4. The zero-order valence-corrected chi connectivity index (χ0v) is 14.7. The maximum Gasteiger partial charge on any atom is 0.0593 e. The molecule has 0 fully saturated rings. The molecule has 0 spiro atoms. The third-order valence-corrected chi connectivity index (χ3v) is 4.09. The molecule has 2 N–H and O–H groups in total. The fraction of sp³-hybridized carbons (Fsp3) is 0.722. The quantitative estimate of drug-likeness (QED) is 0.781. The van der Waals surface area contributed by atoms with Gasteiger partial charge in [0.15, 0.2) is 0 Å². The minimum Gasteiger partial charge on any atom is -0.398 e. The van der Waals surface area contributed by atoms with E-state index in [2.05, 4.69) is 44.5 Å². The molecule has 0 unspecified atom stereocenters. The Hall–Kier alpha value is -1.09. The Labute approximate surface area is 130 Å². The number of nitrogens with two attached hydrogens (primary N) is 1. The minimum absolute atomic E-state index is 0.740. The minimum atomic E-state index is 0.740. The first kappa shape index (κ1) is 18.0. The van der Waals surface area contributed by atoms with E-state index in [1.165, 1.54) is 12.8 Å². The molecule has 0 aliphatic heterocycles. The van der Waals surface area contributed by atoms with Gasteiger partial charge in [-0.25, -0.2) is 0 Å². The molecule has 1 aromatic rings. The molecule has 1 aromatic heterocycles. The van der Waals surface area contributed by atoms with Crippen molar-refractivity contribution in [3.05, 3.63) is 23.0 Å². The summed E-state index contributed by atoms with van der Waals surface area (Å²) in [6.45, 7) is 16.4. The summed E-state index contributed by atoms with van der Waals surface area (Å²) in [6.07, 6.45) is 4.37. The monoisotopic (exact) mass is 291 g/mol. The summed E-state index contributed by atoms with van der Waals surface area (Å²) in [5, 5.41) is 0. The van der Waals surface area contributed by atoms with Crippen LogP contribution in [0, 0.1) is 25.7 Å². The largest absolute Gasteiger partial charge is 0.398 e. The highest BCUT2D eigenvalue weighted by Gasteiger charge is 2.12. The molecule has 0 saturated carbocycles. The lowest BCUT2D eigenvalue weighted by molar-refractivity contribution is 0.233. The van der Waals surface area contributed by atoms with Crippen LogP contribution in [0.25, 0.3) is 0 Å². The third-order valence-electron chi connectivity index (χ3n) is 4.09. The molecule has 0 aliphatic carbocycles. The van der Waals surface area contributed by atoms with Gasteiger partial charge in [-0.15, -0.1) is 0 Å². The van der Waals surface area contributed by atoms with Crippen molar-refractivity contribution in [1.29, 1.82) is 0 Å². The number of nitrogen functional groups attached to an aromatic ring is 1. The van der Waals surface area contributed by atoms with Gasteiger partial charge >= 0.3 is 0 Å². The van der Waals surface area contributed by atoms with E-state index in [1.54, 1.807) is 0 Å². The predicted octanol–water partition coefficient (Wildman–Crippen LogP) is 4.17. The summed E-state index contributed by atoms with van der Waals surface area (Å²) >= 11 is 0. The molecule has 0 aromatic carbocycles. The zero-order chi connectivity index (χ0) is 16.0. The van der Waals surface area contributed by atoms with E-state index in [-0.39, 0.29) is 0 Å². The van der Waals surface area contributed by atoms with E-state index < -0.39 is 0 Å². The van der Waals surface area contributed by atoms with Crippen molar-refractivity contribution in [2.45, 2.75) is 60.9 Å². The van der Waals surface area contributed by atoms with Crippen LogP contribution in [-0.2, 0) is 6.54 Å². The second-order valence-electron chi connectivity index (χ2n) is 7.07. The Morgan fingerprint density at radius 3 is 2.05 bits per heavy atom. The van der Waals surface area contributed by atoms with Crippen molar-refractivity contribution in [2.75, 3.05) is 18.8 Å². The number of anilines is 1. The lowest BCUT2D eigenvalue weighted by Gasteiger charge is -2.25. The Morgan fingerprint density at radius 2 is 1.57 bits per heavy atom. The number of hydrogen-bond acceptors (Lipinski definition) is 3. The molecule has 0 atom stereocenters. The highest BCUT2D eigenvalue weighted by molar-refractivity contribution is 5.53. The maximum absolute atomic E-state index is 6.14. The molecule has 0 bridgehead atoms. The molecule has 1 rings (SSSR count).